The fourth-order valence-corrected chi connectivity index (χ4v) is 2.22. The van der Waals surface area contributed by atoms with Crippen molar-refractivity contribution in [3.8, 4) is 0 Å². The predicted octanol–water partition coefficient (Wildman–Crippen LogP) is 2.45. The molecule has 2 heterocycles. The van der Waals surface area contributed by atoms with E-state index < -0.39 is 0 Å². The Morgan fingerprint density at radius 2 is 2.22 bits per heavy atom. The molecule has 1 unspecified atom stereocenters. The zero-order chi connectivity index (χ0) is 12.8. The molecule has 1 atom stereocenters. The minimum absolute atomic E-state index is 0.473. The predicted molar refractivity (Wildman–Crippen MR) is 73.4 cm³/mol. The summed E-state index contributed by atoms with van der Waals surface area (Å²) >= 11 is 0. The van der Waals surface area contributed by atoms with Gasteiger partial charge in [0.15, 0.2) is 0 Å². The number of nitrogens with one attached hydrogen (secondary N) is 1. The number of hydrogen-bond donors (Lipinski definition) is 1. The molecule has 1 N–H and O–H groups in total. The van der Waals surface area contributed by atoms with Gasteiger partial charge < -0.3 is 9.88 Å². The molecular weight excluding hydrogens is 224 g/mol. The second-order valence-corrected chi connectivity index (χ2v) is 4.58. The number of aromatic nitrogens is 3. The first-order valence-electron chi connectivity index (χ1n) is 6.64. The standard InChI is InChI=1S/C14H22N4/c1-3-5-14(15-2)13-6-9-17(12-13)10-11-18-8-4-7-16-18/h4,6-9,12,14-15H,3,5,10-11H2,1-2H3. The zero-order valence-electron chi connectivity index (χ0n) is 11.2. The molecule has 0 aromatic carbocycles. The largest absolute Gasteiger partial charge is 0.352 e. The monoisotopic (exact) mass is 246 g/mol. The quantitative estimate of drug-likeness (QED) is 0.814. The summed E-state index contributed by atoms with van der Waals surface area (Å²) in [4.78, 5) is 0. The van der Waals surface area contributed by atoms with Crippen LogP contribution in [0.3, 0.4) is 0 Å². The van der Waals surface area contributed by atoms with E-state index in [2.05, 4.69) is 40.4 Å². The fourth-order valence-electron chi connectivity index (χ4n) is 2.22. The first-order valence-corrected chi connectivity index (χ1v) is 6.64. The normalized spacial score (nSPS) is 12.8. The van der Waals surface area contributed by atoms with Crippen molar-refractivity contribution in [2.45, 2.75) is 38.9 Å². The Kier molecular flexibility index (Phi) is 4.59. The highest BCUT2D eigenvalue weighted by Gasteiger charge is 2.09. The molecule has 0 saturated carbocycles. The molecule has 0 aliphatic rings. The van der Waals surface area contributed by atoms with Crippen molar-refractivity contribution in [1.82, 2.24) is 19.7 Å². The van der Waals surface area contributed by atoms with Gasteiger partial charge in [-0.1, -0.05) is 13.3 Å². The Morgan fingerprint density at radius 3 is 2.89 bits per heavy atom. The summed E-state index contributed by atoms with van der Waals surface area (Å²) in [6.07, 6.45) is 10.6. The van der Waals surface area contributed by atoms with Gasteiger partial charge in [0.2, 0.25) is 0 Å². The Labute approximate surface area is 109 Å². The summed E-state index contributed by atoms with van der Waals surface area (Å²) in [6, 6.07) is 4.64. The van der Waals surface area contributed by atoms with E-state index in [1.807, 2.05) is 30.2 Å². The lowest BCUT2D eigenvalue weighted by atomic mass is 10.1. The number of hydrogen-bond acceptors (Lipinski definition) is 2. The smallest absolute Gasteiger partial charge is 0.0588 e. The number of aryl methyl sites for hydroxylation is 2. The van der Waals surface area contributed by atoms with Crippen molar-refractivity contribution in [2.75, 3.05) is 7.05 Å². The van der Waals surface area contributed by atoms with E-state index in [1.165, 1.54) is 18.4 Å². The maximum Gasteiger partial charge on any atom is 0.0588 e. The molecule has 4 nitrogen and oxygen atoms in total. The maximum atomic E-state index is 4.21. The average molecular weight is 246 g/mol. The Morgan fingerprint density at radius 1 is 1.33 bits per heavy atom. The topological polar surface area (TPSA) is 34.8 Å². The first kappa shape index (κ1) is 12.9. The molecule has 0 amide bonds. The molecule has 0 aliphatic heterocycles. The van der Waals surface area contributed by atoms with Gasteiger partial charge in [-0.05, 0) is 31.2 Å². The van der Waals surface area contributed by atoms with Crippen molar-refractivity contribution >= 4 is 0 Å². The van der Waals surface area contributed by atoms with E-state index in [9.17, 15) is 0 Å². The van der Waals surface area contributed by atoms with Gasteiger partial charge in [0, 0.05) is 37.4 Å². The molecule has 4 heteroatoms. The van der Waals surface area contributed by atoms with E-state index in [0.29, 0.717) is 6.04 Å². The molecule has 0 radical (unpaired) electrons. The lowest BCUT2D eigenvalue weighted by Crippen LogP contribution is -2.15. The summed E-state index contributed by atoms with van der Waals surface area (Å²) in [5, 5.41) is 7.58. The van der Waals surface area contributed by atoms with Gasteiger partial charge in [-0.2, -0.15) is 5.10 Å². The molecule has 2 aromatic rings. The van der Waals surface area contributed by atoms with Crippen molar-refractivity contribution in [1.29, 1.82) is 0 Å². The van der Waals surface area contributed by atoms with Crippen LogP contribution in [0.5, 0.6) is 0 Å². The molecule has 2 aromatic heterocycles. The molecule has 0 bridgehead atoms. The lowest BCUT2D eigenvalue weighted by molar-refractivity contribution is 0.523. The highest BCUT2D eigenvalue weighted by Crippen LogP contribution is 2.18. The van der Waals surface area contributed by atoms with E-state index in [0.717, 1.165) is 13.1 Å². The minimum atomic E-state index is 0.473. The highest BCUT2D eigenvalue weighted by molar-refractivity contribution is 5.15. The van der Waals surface area contributed by atoms with Gasteiger partial charge >= 0.3 is 0 Å². The second-order valence-electron chi connectivity index (χ2n) is 4.58. The van der Waals surface area contributed by atoms with Crippen molar-refractivity contribution in [3.63, 3.8) is 0 Å². The highest BCUT2D eigenvalue weighted by atomic mass is 15.3. The number of nitrogens with zero attached hydrogens (tertiary/aromatic N) is 3. The van der Waals surface area contributed by atoms with Gasteiger partial charge in [-0.15, -0.1) is 0 Å². The van der Waals surface area contributed by atoms with Gasteiger partial charge in [0.1, 0.15) is 0 Å². The summed E-state index contributed by atoms with van der Waals surface area (Å²) in [6.45, 7) is 4.10. The summed E-state index contributed by atoms with van der Waals surface area (Å²) in [7, 11) is 2.03. The first-order chi connectivity index (χ1) is 8.83. The molecule has 0 saturated heterocycles. The zero-order valence-corrected chi connectivity index (χ0v) is 11.2. The van der Waals surface area contributed by atoms with Crippen LogP contribution in [0.15, 0.2) is 36.9 Å². The van der Waals surface area contributed by atoms with Crippen LogP contribution in [0, 0.1) is 0 Å². The summed E-state index contributed by atoms with van der Waals surface area (Å²) < 4.78 is 4.19. The van der Waals surface area contributed by atoms with Crippen LogP contribution in [0.2, 0.25) is 0 Å². The molecule has 0 spiro atoms. The summed E-state index contributed by atoms with van der Waals surface area (Å²) in [5.74, 6) is 0. The fraction of sp³-hybridized carbons (Fsp3) is 0.500. The SMILES string of the molecule is CCCC(NC)c1ccn(CCn2cccn2)c1. The van der Waals surface area contributed by atoms with Crippen molar-refractivity contribution in [2.24, 2.45) is 0 Å². The van der Waals surface area contributed by atoms with Crippen LogP contribution in [-0.4, -0.2) is 21.4 Å². The third-order valence-electron chi connectivity index (χ3n) is 3.25. The Balaban J connectivity index is 1.92. The molecule has 0 fully saturated rings. The van der Waals surface area contributed by atoms with E-state index in [4.69, 9.17) is 0 Å². The van der Waals surface area contributed by atoms with Gasteiger partial charge in [-0.3, -0.25) is 4.68 Å². The Hall–Kier alpha value is -1.55. The van der Waals surface area contributed by atoms with Crippen molar-refractivity contribution < 1.29 is 0 Å². The lowest BCUT2D eigenvalue weighted by Gasteiger charge is -2.13. The Bertz CT molecular complexity index is 444. The van der Waals surface area contributed by atoms with Crippen LogP contribution >= 0.6 is 0 Å². The number of rotatable bonds is 7. The maximum absolute atomic E-state index is 4.21. The minimum Gasteiger partial charge on any atom is -0.352 e. The van der Waals surface area contributed by atoms with Crippen LogP contribution in [0.25, 0.3) is 0 Å². The van der Waals surface area contributed by atoms with E-state index in [-0.39, 0.29) is 0 Å². The third kappa shape index (κ3) is 3.23. The van der Waals surface area contributed by atoms with Crippen LogP contribution in [0.1, 0.15) is 31.4 Å². The molecule has 2 rings (SSSR count). The molecule has 0 aliphatic carbocycles. The van der Waals surface area contributed by atoms with E-state index in [1.54, 1.807) is 0 Å². The molecule has 18 heavy (non-hydrogen) atoms. The third-order valence-corrected chi connectivity index (χ3v) is 3.25. The van der Waals surface area contributed by atoms with Gasteiger partial charge in [0.05, 0.1) is 6.54 Å². The summed E-state index contributed by atoms with van der Waals surface area (Å²) in [5.41, 5.74) is 1.37. The van der Waals surface area contributed by atoms with Gasteiger partial charge in [0.25, 0.3) is 0 Å². The van der Waals surface area contributed by atoms with Crippen LogP contribution in [-0.2, 0) is 13.1 Å². The van der Waals surface area contributed by atoms with Gasteiger partial charge in [-0.25, -0.2) is 0 Å². The van der Waals surface area contributed by atoms with Crippen LogP contribution in [0.4, 0.5) is 0 Å². The molecule has 98 valence electrons. The second kappa shape index (κ2) is 6.40. The van der Waals surface area contributed by atoms with Crippen LogP contribution < -0.4 is 5.32 Å². The van der Waals surface area contributed by atoms with E-state index >= 15 is 0 Å². The average Bonchev–Trinajstić information content (AvgIpc) is 3.04. The van der Waals surface area contributed by atoms with Crippen molar-refractivity contribution in [3.05, 3.63) is 42.5 Å². The molecular formula is C14H22N4.